The number of hydrogen-bond donors (Lipinski definition) is 0. The molecular weight excluding hydrogens is 390 g/mol. The lowest BCUT2D eigenvalue weighted by Gasteiger charge is -2.12. The van der Waals surface area contributed by atoms with Gasteiger partial charge in [0.1, 0.15) is 5.75 Å². The summed E-state index contributed by atoms with van der Waals surface area (Å²) in [6.45, 7) is -0.870. The van der Waals surface area contributed by atoms with Crippen molar-refractivity contribution < 1.29 is 23.0 Å². The lowest BCUT2D eigenvalue weighted by molar-refractivity contribution is -0.142. The molecule has 0 spiro atoms. The number of carbonyl (C=O) groups is 1. The van der Waals surface area contributed by atoms with E-state index in [2.05, 4.69) is 36.6 Å². The number of rotatable bonds is 6. The van der Waals surface area contributed by atoms with Crippen molar-refractivity contribution in [1.82, 2.24) is 0 Å². The van der Waals surface area contributed by atoms with E-state index < -0.39 is 6.61 Å². The molecule has 0 amide bonds. The largest absolute Gasteiger partial charge is 0.466 e. The quantitative estimate of drug-likeness (QED) is 0.532. The monoisotopic (exact) mass is 400 g/mol. The van der Waals surface area contributed by atoms with Crippen LogP contribution in [0.4, 0.5) is 8.78 Å². The van der Waals surface area contributed by atoms with Crippen LogP contribution in [0, 0.1) is 0 Å². The molecular formula is C12H12Br2F2O3. The Bertz CT molecular complexity index is 453. The lowest BCUT2D eigenvalue weighted by Crippen LogP contribution is -2.10. The molecule has 1 aromatic rings. The molecule has 0 saturated heterocycles. The minimum absolute atomic E-state index is 0.0389. The Morgan fingerprint density at radius 3 is 2.58 bits per heavy atom. The van der Waals surface area contributed by atoms with E-state index in [0.29, 0.717) is 27.5 Å². The second-order valence-corrected chi connectivity index (χ2v) is 4.96. The Balaban J connectivity index is 2.99. The fourth-order valence-corrected chi connectivity index (χ4v) is 2.49. The van der Waals surface area contributed by atoms with Gasteiger partial charge in [0.05, 0.1) is 17.5 Å². The van der Waals surface area contributed by atoms with Crippen molar-refractivity contribution in [3.63, 3.8) is 0 Å². The maximum absolute atomic E-state index is 12.2. The van der Waals surface area contributed by atoms with Gasteiger partial charge in [-0.1, -0.05) is 15.9 Å². The third-order valence-electron chi connectivity index (χ3n) is 2.25. The minimum Gasteiger partial charge on any atom is -0.466 e. The highest BCUT2D eigenvalue weighted by Gasteiger charge is 2.15. The molecule has 0 aliphatic heterocycles. The second kappa shape index (κ2) is 7.79. The molecule has 0 radical (unpaired) electrons. The molecule has 0 unspecified atom stereocenters. The zero-order chi connectivity index (χ0) is 14.4. The van der Waals surface area contributed by atoms with E-state index in [-0.39, 0.29) is 18.1 Å². The molecule has 0 saturated carbocycles. The Labute approximate surface area is 126 Å². The Morgan fingerprint density at radius 2 is 2.05 bits per heavy atom. The summed E-state index contributed by atoms with van der Waals surface area (Å²) in [4.78, 5) is 11.5. The molecule has 1 rings (SSSR count). The van der Waals surface area contributed by atoms with Gasteiger partial charge in [0.2, 0.25) is 0 Å². The molecule has 0 aromatic heterocycles. The molecule has 0 aliphatic rings. The van der Waals surface area contributed by atoms with Crippen molar-refractivity contribution in [2.75, 3.05) is 6.61 Å². The Hall–Kier alpha value is -0.690. The van der Waals surface area contributed by atoms with E-state index in [4.69, 9.17) is 4.74 Å². The Morgan fingerprint density at radius 1 is 1.37 bits per heavy atom. The molecule has 3 nitrogen and oxygen atoms in total. The van der Waals surface area contributed by atoms with E-state index in [1.165, 1.54) is 6.07 Å². The van der Waals surface area contributed by atoms with Crippen LogP contribution in [0.15, 0.2) is 16.6 Å². The van der Waals surface area contributed by atoms with Crippen molar-refractivity contribution in [2.45, 2.75) is 25.3 Å². The van der Waals surface area contributed by atoms with E-state index in [1.54, 1.807) is 13.0 Å². The maximum Gasteiger partial charge on any atom is 0.387 e. The standard InChI is InChI=1S/C12H12Br2F2O3/c1-2-18-11(17)5-7-3-9(14)10(19-12(15)16)4-8(7)6-13/h3-4,12H,2,5-6H2,1H3. The van der Waals surface area contributed by atoms with Crippen molar-refractivity contribution in [1.29, 1.82) is 0 Å². The molecule has 0 atom stereocenters. The number of benzene rings is 1. The van der Waals surface area contributed by atoms with Crippen LogP contribution >= 0.6 is 31.9 Å². The minimum atomic E-state index is -2.89. The number of carbonyl (C=O) groups excluding carboxylic acids is 1. The normalized spacial score (nSPS) is 10.6. The van der Waals surface area contributed by atoms with Crippen molar-refractivity contribution in [3.8, 4) is 5.75 Å². The van der Waals surface area contributed by atoms with Crippen LogP contribution in [0.3, 0.4) is 0 Å². The highest BCUT2D eigenvalue weighted by molar-refractivity contribution is 9.10. The summed E-state index contributed by atoms with van der Waals surface area (Å²) in [6.07, 6.45) is 0.0856. The maximum atomic E-state index is 12.2. The number of halogens is 4. The van der Waals surface area contributed by atoms with Crippen LogP contribution in [-0.4, -0.2) is 19.2 Å². The molecule has 0 aliphatic carbocycles. The molecule has 0 heterocycles. The van der Waals surface area contributed by atoms with Crippen LogP contribution in [0.1, 0.15) is 18.1 Å². The summed E-state index contributed by atoms with van der Waals surface area (Å²) in [6, 6.07) is 3.06. The number of alkyl halides is 3. The predicted molar refractivity (Wildman–Crippen MR) is 73.7 cm³/mol. The van der Waals surface area contributed by atoms with E-state index in [0.717, 1.165) is 0 Å². The number of hydrogen-bond acceptors (Lipinski definition) is 3. The Kier molecular flexibility index (Phi) is 6.71. The van der Waals surface area contributed by atoms with Crippen LogP contribution in [0.25, 0.3) is 0 Å². The van der Waals surface area contributed by atoms with E-state index in [9.17, 15) is 13.6 Å². The molecule has 106 valence electrons. The van der Waals surface area contributed by atoms with Crippen molar-refractivity contribution in [2.24, 2.45) is 0 Å². The van der Waals surface area contributed by atoms with Gasteiger partial charge in [-0.25, -0.2) is 0 Å². The smallest absolute Gasteiger partial charge is 0.387 e. The molecule has 1 aromatic carbocycles. The first-order chi connectivity index (χ1) is 8.97. The zero-order valence-electron chi connectivity index (χ0n) is 10.1. The van der Waals surface area contributed by atoms with E-state index in [1.807, 2.05) is 0 Å². The number of esters is 1. The summed E-state index contributed by atoms with van der Waals surface area (Å²) in [5.41, 5.74) is 1.40. The van der Waals surface area contributed by atoms with E-state index >= 15 is 0 Å². The molecule has 0 fully saturated rings. The second-order valence-electron chi connectivity index (χ2n) is 3.55. The third kappa shape index (κ3) is 5.06. The van der Waals surface area contributed by atoms with Crippen molar-refractivity contribution >= 4 is 37.8 Å². The van der Waals surface area contributed by atoms with Gasteiger partial charge in [0, 0.05) is 5.33 Å². The summed E-state index contributed by atoms with van der Waals surface area (Å²) in [5, 5.41) is 0.425. The third-order valence-corrected chi connectivity index (χ3v) is 3.48. The molecule has 7 heteroatoms. The fraction of sp³-hybridized carbons (Fsp3) is 0.417. The van der Waals surface area contributed by atoms with Crippen LogP contribution in [0.2, 0.25) is 0 Å². The molecule has 0 bridgehead atoms. The van der Waals surface area contributed by atoms with Crippen molar-refractivity contribution in [3.05, 3.63) is 27.7 Å². The number of ether oxygens (including phenoxy) is 2. The highest BCUT2D eigenvalue weighted by Crippen LogP contribution is 2.31. The summed E-state index contributed by atoms with van der Waals surface area (Å²) < 4.78 is 34.0. The summed E-state index contributed by atoms with van der Waals surface area (Å²) >= 11 is 6.39. The lowest BCUT2D eigenvalue weighted by atomic mass is 10.1. The highest BCUT2D eigenvalue weighted by atomic mass is 79.9. The summed E-state index contributed by atoms with van der Waals surface area (Å²) in [7, 11) is 0. The van der Waals surface area contributed by atoms with Crippen LogP contribution in [0.5, 0.6) is 5.75 Å². The van der Waals surface area contributed by atoms with Gasteiger partial charge in [0.15, 0.2) is 0 Å². The van der Waals surface area contributed by atoms with Crippen LogP contribution < -0.4 is 4.74 Å². The first-order valence-electron chi connectivity index (χ1n) is 5.45. The van der Waals surface area contributed by atoms with Gasteiger partial charge >= 0.3 is 12.6 Å². The van der Waals surface area contributed by atoms with Gasteiger partial charge in [-0.05, 0) is 46.1 Å². The van der Waals surface area contributed by atoms with Gasteiger partial charge in [-0.15, -0.1) is 0 Å². The first-order valence-corrected chi connectivity index (χ1v) is 7.37. The van der Waals surface area contributed by atoms with Gasteiger partial charge < -0.3 is 9.47 Å². The summed E-state index contributed by atoms with van der Waals surface area (Å²) in [5.74, 6) is -0.323. The first kappa shape index (κ1) is 16.4. The fourth-order valence-electron chi connectivity index (χ4n) is 1.48. The predicted octanol–water partition coefficient (Wildman–Crippen LogP) is 4.05. The van der Waals surface area contributed by atoms with Gasteiger partial charge in [0.25, 0.3) is 0 Å². The van der Waals surface area contributed by atoms with Gasteiger partial charge in [-0.2, -0.15) is 8.78 Å². The molecule has 0 N–H and O–H groups in total. The topological polar surface area (TPSA) is 35.5 Å². The molecule has 19 heavy (non-hydrogen) atoms. The van der Waals surface area contributed by atoms with Gasteiger partial charge in [-0.3, -0.25) is 4.79 Å². The zero-order valence-corrected chi connectivity index (χ0v) is 13.3. The average Bonchev–Trinajstić information content (AvgIpc) is 2.32. The average molecular weight is 402 g/mol. The SMILES string of the molecule is CCOC(=O)Cc1cc(Br)c(OC(F)F)cc1CBr. The van der Waals surface area contributed by atoms with Crippen LogP contribution in [-0.2, 0) is 21.3 Å².